The first kappa shape index (κ1) is 20.1. The number of benzene rings is 2. The molecular weight excluding hydrogens is 420 g/mol. The van der Waals surface area contributed by atoms with Gasteiger partial charge in [-0.15, -0.1) is 0 Å². The van der Waals surface area contributed by atoms with Crippen LogP contribution in [0.5, 0.6) is 5.75 Å². The molecule has 5 nitrogen and oxygen atoms in total. The van der Waals surface area contributed by atoms with E-state index in [4.69, 9.17) is 4.74 Å². The Morgan fingerprint density at radius 1 is 1.21 bits per heavy atom. The smallest absolute Gasteiger partial charge is 0.246 e. The van der Waals surface area contributed by atoms with E-state index in [1.54, 1.807) is 24.2 Å². The molecule has 1 heterocycles. The van der Waals surface area contributed by atoms with Crippen molar-refractivity contribution in [3.8, 4) is 5.75 Å². The van der Waals surface area contributed by atoms with Crippen LogP contribution in [0.4, 0.5) is 5.69 Å². The molecule has 146 valence electrons. The van der Waals surface area contributed by atoms with Crippen LogP contribution >= 0.6 is 15.9 Å². The zero-order valence-corrected chi connectivity index (χ0v) is 17.3. The summed E-state index contributed by atoms with van der Waals surface area (Å²) >= 11 is 3.43. The number of carbonyl (C=O) groups is 2. The minimum absolute atomic E-state index is 0.0404. The second kappa shape index (κ2) is 9.55. The molecule has 2 amide bonds. The average Bonchev–Trinajstić information content (AvgIpc) is 2.73. The predicted molar refractivity (Wildman–Crippen MR) is 114 cm³/mol. The summed E-state index contributed by atoms with van der Waals surface area (Å²) in [7, 11) is 1.60. The van der Waals surface area contributed by atoms with Crippen molar-refractivity contribution < 1.29 is 14.3 Å². The topological polar surface area (TPSA) is 58.6 Å². The minimum Gasteiger partial charge on any atom is -0.496 e. The van der Waals surface area contributed by atoms with Gasteiger partial charge in [0.15, 0.2) is 0 Å². The van der Waals surface area contributed by atoms with Crippen molar-refractivity contribution in [3.63, 3.8) is 0 Å². The number of amides is 2. The lowest BCUT2D eigenvalue weighted by molar-refractivity contribution is -0.130. The van der Waals surface area contributed by atoms with Gasteiger partial charge in [-0.2, -0.15) is 0 Å². The van der Waals surface area contributed by atoms with Gasteiger partial charge in [-0.05, 0) is 49.2 Å². The van der Waals surface area contributed by atoms with E-state index in [1.165, 1.54) is 0 Å². The zero-order valence-electron chi connectivity index (χ0n) is 15.7. The number of ether oxygens (including phenoxy) is 1. The van der Waals surface area contributed by atoms with Crippen molar-refractivity contribution in [2.45, 2.75) is 12.8 Å². The van der Waals surface area contributed by atoms with Crippen LogP contribution in [0.3, 0.4) is 0 Å². The van der Waals surface area contributed by atoms with Crippen molar-refractivity contribution >= 4 is 39.5 Å². The van der Waals surface area contributed by atoms with Gasteiger partial charge in [-0.1, -0.05) is 34.1 Å². The fourth-order valence-electron chi connectivity index (χ4n) is 3.26. The molecule has 0 bridgehead atoms. The molecule has 1 fully saturated rings. The van der Waals surface area contributed by atoms with Gasteiger partial charge in [0, 0.05) is 34.9 Å². The number of hydrogen-bond donors (Lipinski definition) is 1. The number of anilines is 1. The Bertz CT molecular complexity index is 867. The Balaban J connectivity index is 1.63. The normalized spacial score (nSPS) is 16.8. The van der Waals surface area contributed by atoms with Crippen molar-refractivity contribution in [1.29, 1.82) is 0 Å². The van der Waals surface area contributed by atoms with E-state index in [-0.39, 0.29) is 17.7 Å². The SMILES string of the molecule is COc1ccc(Br)cc1C=CC(=O)N1CCCC(C(=O)Nc2ccccc2)C1. The Hall–Kier alpha value is -2.60. The van der Waals surface area contributed by atoms with E-state index >= 15 is 0 Å². The third-order valence-corrected chi connectivity index (χ3v) is 5.24. The second-order valence-electron chi connectivity index (χ2n) is 6.70. The maximum atomic E-state index is 12.6. The quantitative estimate of drug-likeness (QED) is 0.700. The average molecular weight is 443 g/mol. The third kappa shape index (κ3) is 5.23. The van der Waals surface area contributed by atoms with Gasteiger partial charge < -0.3 is 15.0 Å². The number of likely N-dealkylation sites (tertiary alicyclic amines) is 1. The van der Waals surface area contributed by atoms with Crippen LogP contribution < -0.4 is 10.1 Å². The molecule has 1 saturated heterocycles. The third-order valence-electron chi connectivity index (χ3n) is 4.74. The first-order chi connectivity index (χ1) is 13.6. The fourth-order valence-corrected chi connectivity index (χ4v) is 3.64. The molecule has 28 heavy (non-hydrogen) atoms. The molecule has 0 aromatic heterocycles. The summed E-state index contributed by atoms with van der Waals surface area (Å²) < 4.78 is 6.25. The van der Waals surface area contributed by atoms with Crippen LogP contribution in [-0.2, 0) is 9.59 Å². The van der Waals surface area contributed by atoms with Gasteiger partial charge in [-0.3, -0.25) is 9.59 Å². The van der Waals surface area contributed by atoms with Crippen molar-refractivity contribution in [1.82, 2.24) is 4.90 Å². The monoisotopic (exact) mass is 442 g/mol. The Morgan fingerprint density at radius 3 is 2.75 bits per heavy atom. The summed E-state index contributed by atoms with van der Waals surface area (Å²) in [6, 6.07) is 15.0. The highest BCUT2D eigenvalue weighted by molar-refractivity contribution is 9.10. The molecule has 3 rings (SSSR count). The molecule has 2 aromatic rings. The first-order valence-electron chi connectivity index (χ1n) is 9.23. The first-order valence-corrected chi connectivity index (χ1v) is 10.0. The summed E-state index contributed by atoms with van der Waals surface area (Å²) in [6.45, 7) is 1.09. The summed E-state index contributed by atoms with van der Waals surface area (Å²) in [6.07, 6.45) is 4.89. The van der Waals surface area contributed by atoms with Crippen LogP contribution in [0.2, 0.25) is 0 Å². The number of nitrogens with zero attached hydrogens (tertiary/aromatic N) is 1. The molecule has 0 radical (unpaired) electrons. The van der Waals surface area contributed by atoms with Crippen molar-refractivity contribution in [2.75, 3.05) is 25.5 Å². The Morgan fingerprint density at radius 2 is 2.00 bits per heavy atom. The molecule has 0 aliphatic carbocycles. The number of para-hydroxylation sites is 1. The summed E-state index contributed by atoms with van der Waals surface area (Å²) in [5, 5.41) is 2.93. The van der Waals surface area contributed by atoms with Crippen LogP contribution in [0.1, 0.15) is 18.4 Å². The van der Waals surface area contributed by atoms with Gasteiger partial charge in [0.05, 0.1) is 13.0 Å². The van der Waals surface area contributed by atoms with Crippen LogP contribution in [0, 0.1) is 5.92 Å². The minimum atomic E-state index is -0.202. The lowest BCUT2D eigenvalue weighted by Crippen LogP contribution is -2.43. The molecule has 0 saturated carbocycles. The van der Waals surface area contributed by atoms with Crippen molar-refractivity contribution in [2.24, 2.45) is 5.92 Å². The molecule has 1 unspecified atom stereocenters. The number of nitrogens with one attached hydrogen (secondary N) is 1. The van der Waals surface area contributed by atoms with E-state index in [1.807, 2.05) is 48.5 Å². The largest absolute Gasteiger partial charge is 0.496 e. The Labute approximate surface area is 173 Å². The van der Waals surface area contributed by atoms with E-state index in [9.17, 15) is 9.59 Å². The number of methoxy groups -OCH3 is 1. The number of piperidine rings is 1. The highest BCUT2D eigenvalue weighted by atomic mass is 79.9. The number of halogens is 1. The van der Waals surface area contributed by atoms with Crippen LogP contribution in [-0.4, -0.2) is 36.9 Å². The maximum Gasteiger partial charge on any atom is 0.246 e. The van der Waals surface area contributed by atoms with Gasteiger partial charge in [-0.25, -0.2) is 0 Å². The predicted octanol–water partition coefficient (Wildman–Crippen LogP) is 4.35. The van der Waals surface area contributed by atoms with E-state index in [0.29, 0.717) is 18.8 Å². The van der Waals surface area contributed by atoms with E-state index < -0.39 is 0 Å². The van der Waals surface area contributed by atoms with E-state index in [2.05, 4.69) is 21.2 Å². The summed E-state index contributed by atoms with van der Waals surface area (Å²) in [5.74, 6) is 0.360. The van der Waals surface area contributed by atoms with Gasteiger partial charge >= 0.3 is 0 Å². The highest BCUT2D eigenvalue weighted by Gasteiger charge is 2.27. The molecule has 1 aliphatic heterocycles. The number of carbonyl (C=O) groups excluding carboxylic acids is 2. The highest BCUT2D eigenvalue weighted by Crippen LogP contribution is 2.25. The van der Waals surface area contributed by atoms with E-state index in [0.717, 1.165) is 28.6 Å². The molecule has 0 spiro atoms. The van der Waals surface area contributed by atoms with Crippen LogP contribution in [0.25, 0.3) is 6.08 Å². The fraction of sp³-hybridized carbons (Fsp3) is 0.273. The Kier molecular flexibility index (Phi) is 6.87. The zero-order chi connectivity index (χ0) is 19.9. The number of rotatable bonds is 5. The molecule has 2 aromatic carbocycles. The lowest BCUT2D eigenvalue weighted by Gasteiger charge is -2.31. The van der Waals surface area contributed by atoms with Gasteiger partial charge in [0.1, 0.15) is 5.75 Å². The molecule has 6 heteroatoms. The summed E-state index contributed by atoms with van der Waals surface area (Å²) in [4.78, 5) is 26.9. The van der Waals surface area contributed by atoms with Gasteiger partial charge in [0.25, 0.3) is 0 Å². The maximum absolute atomic E-state index is 12.6. The van der Waals surface area contributed by atoms with Crippen molar-refractivity contribution in [3.05, 3.63) is 64.6 Å². The van der Waals surface area contributed by atoms with Gasteiger partial charge in [0.2, 0.25) is 11.8 Å². The number of hydrogen-bond acceptors (Lipinski definition) is 3. The summed E-state index contributed by atoms with van der Waals surface area (Å²) in [5.41, 5.74) is 1.60. The molecule has 1 aliphatic rings. The lowest BCUT2D eigenvalue weighted by atomic mass is 9.97. The standard InChI is InChI=1S/C22H23BrN2O3/c1-28-20-11-10-18(23)14-16(20)9-12-21(26)25-13-5-6-17(15-25)22(27)24-19-7-3-2-4-8-19/h2-4,7-12,14,17H,5-6,13,15H2,1H3,(H,24,27). The molecule has 1 atom stereocenters. The molecular formula is C22H23BrN2O3. The van der Waals surface area contributed by atoms with Crippen LogP contribution in [0.15, 0.2) is 59.1 Å². The second-order valence-corrected chi connectivity index (χ2v) is 7.61. The molecule has 1 N–H and O–H groups in total.